The van der Waals surface area contributed by atoms with Gasteiger partial charge in [0, 0.05) is 12.0 Å². The summed E-state index contributed by atoms with van der Waals surface area (Å²) in [7, 11) is 0. The molecule has 19 heavy (non-hydrogen) atoms. The molecule has 0 aliphatic rings. The Bertz CT molecular complexity index is 558. The molecule has 0 aliphatic heterocycles. The number of hydrogen-bond acceptors (Lipinski definition) is 3. The van der Waals surface area contributed by atoms with Crippen molar-refractivity contribution in [2.24, 2.45) is 0 Å². The van der Waals surface area contributed by atoms with Crippen LogP contribution in [0.2, 0.25) is 0 Å². The van der Waals surface area contributed by atoms with E-state index >= 15 is 0 Å². The van der Waals surface area contributed by atoms with Crippen molar-refractivity contribution in [2.75, 3.05) is 0 Å². The number of aromatic hydroxyl groups is 1. The SMILES string of the molecule is CCCC(=O)Oc1ccccc1-c1ccc(O)cc1. The third kappa shape index (κ3) is 3.35. The highest BCUT2D eigenvalue weighted by atomic mass is 16.5. The van der Waals surface area contributed by atoms with Gasteiger partial charge in [-0.1, -0.05) is 37.3 Å². The minimum atomic E-state index is -0.228. The maximum atomic E-state index is 11.6. The quantitative estimate of drug-likeness (QED) is 0.669. The molecule has 2 rings (SSSR count). The zero-order valence-electron chi connectivity index (χ0n) is 10.8. The van der Waals surface area contributed by atoms with Gasteiger partial charge in [0.25, 0.3) is 0 Å². The van der Waals surface area contributed by atoms with Gasteiger partial charge in [-0.15, -0.1) is 0 Å². The van der Waals surface area contributed by atoms with Gasteiger partial charge >= 0.3 is 5.97 Å². The molecule has 0 aliphatic carbocycles. The molecule has 0 radical (unpaired) electrons. The molecule has 0 heterocycles. The van der Waals surface area contributed by atoms with Gasteiger partial charge in [-0.25, -0.2) is 0 Å². The number of rotatable bonds is 4. The Balaban J connectivity index is 2.30. The van der Waals surface area contributed by atoms with Crippen molar-refractivity contribution in [1.29, 1.82) is 0 Å². The van der Waals surface area contributed by atoms with E-state index < -0.39 is 0 Å². The molecule has 0 saturated heterocycles. The molecule has 2 aromatic carbocycles. The molecule has 0 bridgehead atoms. The molecule has 98 valence electrons. The first kappa shape index (κ1) is 13.1. The summed E-state index contributed by atoms with van der Waals surface area (Å²) in [6, 6.07) is 14.2. The van der Waals surface area contributed by atoms with Crippen molar-refractivity contribution in [1.82, 2.24) is 0 Å². The summed E-state index contributed by atoms with van der Waals surface area (Å²) in [6.07, 6.45) is 1.17. The van der Waals surface area contributed by atoms with Crippen molar-refractivity contribution in [3.63, 3.8) is 0 Å². The van der Waals surface area contributed by atoms with Crippen LogP contribution in [0.1, 0.15) is 19.8 Å². The van der Waals surface area contributed by atoms with Crippen LogP contribution in [-0.4, -0.2) is 11.1 Å². The fourth-order valence-electron chi connectivity index (χ4n) is 1.81. The van der Waals surface area contributed by atoms with Crippen LogP contribution in [0, 0.1) is 0 Å². The molecule has 3 nitrogen and oxygen atoms in total. The largest absolute Gasteiger partial charge is 0.508 e. The normalized spacial score (nSPS) is 10.2. The van der Waals surface area contributed by atoms with Crippen LogP contribution in [0.25, 0.3) is 11.1 Å². The third-order valence-corrected chi connectivity index (χ3v) is 2.74. The molecule has 0 atom stereocenters. The minimum Gasteiger partial charge on any atom is -0.508 e. The van der Waals surface area contributed by atoms with Crippen LogP contribution >= 0.6 is 0 Å². The number of carbonyl (C=O) groups excluding carboxylic acids is 1. The molecule has 0 amide bonds. The number of hydrogen-bond donors (Lipinski definition) is 1. The van der Waals surface area contributed by atoms with E-state index in [9.17, 15) is 9.90 Å². The molecule has 0 unspecified atom stereocenters. The Morgan fingerprint density at radius 1 is 1.11 bits per heavy atom. The molecule has 0 spiro atoms. The maximum absolute atomic E-state index is 11.6. The Labute approximate surface area is 112 Å². The first-order chi connectivity index (χ1) is 9.20. The number of phenols is 1. The predicted octanol–water partition coefficient (Wildman–Crippen LogP) is 3.76. The van der Waals surface area contributed by atoms with Crippen molar-refractivity contribution in [3.05, 3.63) is 48.5 Å². The van der Waals surface area contributed by atoms with E-state index in [1.54, 1.807) is 30.3 Å². The first-order valence-corrected chi connectivity index (χ1v) is 6.30. The van der Waals surface area contributed by atoms with Crippen LogP contribution < -0.4 is 4.74 Å². The lowest BCUT2D eigenvalue weighted by Gasteiger charge is -2.10. The average Bonchev–Trinajstić information content (AvgIpc) is 2.41. The molecular weight excluding hydrogens is 240 g/mol. The smallest absolute Gasteiger partial charge is 0.311 e. The summed E-state index contributed by atoms with van der Waals surface area (Å²) in [5, 5.41) is 9.30. The highest BCUT2D eigenvalue weighted by Gasteiger charge is 2.09. The fourth-order valence-corrected chi connectivity index (χ4v) is 1.81. The number of carbonyl (C=O) groups is 1. The highest BCUT2D eigenvalue weighted by molar-refractivity contribution is 5.78. The van der Waals surface area contributed by atoms with E-state index in [4.69, 9.17) is 4.74 Å². The monoisotopic (exact) mass is 256 g/mol. The molecule has 3 heteroatoms. The number of esters is 1. The predicted molar refractivity (Wildman–Crippen MR) is 74.1 cm³/mol. The van der Waals surface area contributed by atoms with E-state index in [-0.39, 0.29) is 11.7 Å². The van der Waals surface area contributed by atoms with Gasteiger partial charge in [0.05, 0.1) is 0 Å². The minimum absolute atomic E-state index is 0.212. The summed E-state index contributed by atoms with van der Waals surface area (Å²) in [5.74, 6) is 0.532. The number of phenolic OH excluding ortho intramolecular Hbond substituents is 1. The molecule has 0 saturated carbocycles. The lowest BCUT2D eigenvalue weighted by Crippen LogP contribution is -2.07. The summed E-state index contributed by atoms with van der Waals surface area (Å²) in [6.45, 7) is 1.94. The Hall–Kier alpha value is -2.29. The van der Waals surface area contributed by atoms with Crippen molar-refractivity contribution < 1.29 is 14.6 Å². The fraction of sp³-hybridized carbons (Fsp3) is 0.188. The molecule has 0 aromatic heterocycles. The van der Waals surface area contributed by atoms with Gasteiger partial charge in [0.15, 0.2) is 0 Å². The van der Waals surface area contributed by atoms with E-state index in [0.717, 1.165) is 17.5 Å². The summed E-state index contributed by atoms with van der Waals surface area (Å²) in [5.41, 5.74) is 1.74. The summed E-state index contributed by atoms with van der Waals surface area (Å²) < 4.78 is 5.37. The topological polar surface area (TPSA) is 46.5 Å². The lowest BCUT2D eigenvalue weighted by atomic mass is 10.0. The number of ether oxygens (including phenoxy) is 1. The molecule has 0 fully saturated rings. The first-order valence-electron chi connectivity index (χ1n) is 6.30. The Morgan fingerprint density at radius 2 is 1.79 bits per heavy atom. The van der Waals surface area contributed by atoms with Crippen LogP contribution in [0.15, 0.2) is 48.5 Å². The van der Waals surface area contributed by atoms with E-state index in [1.165, 1.54) is 0 Å². The van der Waals surface area contributed by atoms with Crippen molar-refractivity contribution in [2.45, 2.75) is 19.8 Å². The lowest BCUT2D eigenvalue weighted by molar-refractivity contribution is -0.134. The zero-order chi connectivity index (χ0) is 13.7. The van der Waals surface area contributed by atoms with Crippen LogP contribution in [0.3, 0.4) is 0 Å². The number of para-hydroxylation sites is 1. The highest BCUT2D eigenvalue weighted by Crippen LogP contribution is 2.31. The Kier molecular flexibility index (Phi) is 4.18. The van der Waals surface area contributed by atoms with Gasteiger partial charge in [-0.05, 0) is 30.2 Å². The van der Waals surface area contributed by atoms with Gasteiger partial charge in [-0.3, -0.25) is 4.79 Å². The summed E-state index contributed by atoms with van der Waals surface area (Å²) >= 11 is 0. The molecule has 2 aromatic rings. The summed E-state index contributed by atoms with van der Waals surface area (Å²) in [4.78, 5) is 11.6. The molecule has 1 N–H and O–H groups in total. The van der Waals surface area contributed by atoms with Gasteiger partial charge in [-0.2, -0.15) is 0 Å². The third-order valence-electron chi connectivity index (χ3n) is 2.74. The van der Waals surface area contributed by atoms with E-state index in [2.05, 4.69) is 0 Å². The van der Waals surface area contributed by atoms with Gasteiger partial charge < -0.3 is 9.84 Å². The van der Waals surface area contributed by atoms with E-state index in [1.807, 2.05) is 25.1 Å². The van der Waals surface area contributed by atoms with Crippen LogP contribution in [0.4, 0.5) is 0 Å². The standard InChI is InChI=1S/C16H16O3/c1-2-5-16(18)19-15-7-4-3-6-14(15)12-8-10-13(17)11-9-12/h3-4,6-11,17H,2,5H2,1H3. The van der Waals surface area contributed by atoms with Gasteiger partial charge in [0.1, 0.15) is 11.5 Å². The van der Waals surface area contributed by atoms with Crippen molar-refractivity contribution in [3.8, 4) is 22.6 Å². The second-order valence-corrected chi connectivity index (χ2v) is 4.27. The second-order valence-electron chi connectivity index (χ2n) is 4.27. The van der Waals surface area contributed by atoms with Crippen LogP contribution in [0.5, 0.6) is 11.5 Å². The number of benzene rings is 2. The zero-order valence-corrected chi connectivity index (χ0v) is 10.8. The van der Waals surface area contributed by atoms with Crippen LogP contribution in [-0.2, 0) is 4.79 Å². The van der Waals surface area contributed by atoms with Crippen molar-refractivity contribution >= 4 is 5.97 Å². The molecular formula is C16H16O3. The van der Waals surface area contributed by atoms with Gasteiger partial charge in [0.2, 0.25) is 0 Å². The second kappa shape index (κ2) is 6.05. The Morgan fingerprint density at radius 3 is 2.47 bits per heavy atom. The maximum Gasteiger partial charge on any atom is 0.311 e. The van der Waals surface area contributed by atoms with E-state index in [0.29, 0.717) is 12.2 Å². The average molecular weight is 256 g/mol.